The molecule has 0 aromatic heterocycles. The summed E-state index contributed by atoms with van der Waals surface area (Å²) in [6.07, 6.45) is -9.38. The highest BCUT2D eigenvalue weighted by Gasteiger charge is 2.33. The van der Waals surface area contributed by atoms with E-state index in [9.17, 15) is 31.1 Å². The number of hydrogen-bond donors (Lipinski definition) is 2. The molecule has 1 atom stereocenters. The number of carbonyl (C=O) groups is 1. The molecule has 3 nitrogen and oxygen atoms in total. The van der Waals surface area contributed by atoms with Crippen LogP contribution in [0.2, 0.25) is 0 Å². The fourth-order valence-electron chi connectivity index (χ4n) is 1.46. The Kier molecular flexibility index (Phi) is 4.64. The van der Waals surface area contributed by atoms with Gasteiger partial charge in [-0.2, -0.15) is 26.3 Å². The second kappa shape index (κ2) is 5.70. The molecule has 9 heteroatoms. The monoisotopic (exact) mass is 301 g/mol. The van der Waals surface area contributed by atoms with E-state index in [1.807, 2.05) is 0 Å². The summed E-state index contributed by atoms with van der Waals surface area (Å²) >= 11 is 0. The highest BCUT2D eigenvalue weighted by atomic mass is 19.4. The van der Waals surface area contributed by atoms with Crippen LogP contribution in [0.3, 0.4) is 0 Å². The molecule has 0 saturated heterocycles. The van der Waals surface area contributed by atoms with Crippen molar-refractivity contribution in [2.75, 3.05) is 6.54 Å². The largest absolute Gasteiger partial charge is 0.480 e. The van der Waals surface area contributed by atoms with E-state index < -0.39 is 42.0 Å². The van der Waals surface area contributed by atoms with Crippen molar-refractivity contribution in [2.24, 2.45) is 0 Å². The van der Waals surface area contributed by atoms with Crippen molar-refractivity contribution in [1.82, 2.24) is 5.32 Å². The number of aliphatic carboxylic acids is 1. The van der Waals surface area contributed by atoms with Crippen molar-refractivity contribution < 1.29 is 36.2 Å². The van der Waals surface area contributed by atoms with Crippen LogP contribution in [0, 0.1) is 0 Å². The molecule has 0 radical (unpaired) electrons. The lowest BCUT2D eigenvalue weighted by molar-refractivity contribution is -0.144. The minimum absolute atomic E-state index is 0.406. The van der Waals surface area contributed by atoms with Crippen molar-refractivity contribution in [3.05, 3.63) is 35.4 Å². The minimum Gasteiger partial charge on any atom is -0.480 e. The second-order valence-electron chi connectivity index (χ2n) is 3.89. The molecule has 1 unspecified atom stereocenters. The van der Waals surface area contributed by atoms with Gasteiger partial charge < -0.3 is 5.11 Å². The molecule has 0 spiro atoms. The third-order valence-electron chi connectivity index (χ3n) is 2.30. The second-order valence-corrected chi connectivity index (χ2v) is 3.89. The first-order valence-electron chi connectivity index (χ1n) is 5.21. The Morgan fingerprint density at radius 1 is 1.20 bits per heavy atom. The number of carboxylic acid groups (broad SMARTS) is 1. The van der Waals surface area contributed by atoms with Crippen molar-refractivity contribution in [1.29, 1.82) is 0 Å². The van der Waals surface area contributed by atoms with E-state index in [0.29, 0.717) is 12.1 Å². The van der Waals surface area contributed by atoms with E-state index >= 15 is 0 Å². The van der Waals surface area contributed by atoms with E-state index in [4.69, 9.17) is 5.11 Å². The van der Waals surface area contributed by atoms with Crippen LogP contribution in [0.1, 0.15) is 17.2 Å². The summed E-state index contributed by atoms with van der Waals surface area (Å²) in [6.45, 7) is -1.62. The lowest BCUT2D eigenvalue weighted by atomic mass is 10.0. The van der Waals surface area contributed by atoms with Crippen molar-refractivity contribution >= 4 is 5.97 Å². The van der Waals surface area contributed by atoms with Gasteiger partial charge in [-0.3, -0.25) is 10.1 Å². The third-order valence-corrected chi connectivity index (χ3v) is 2.30. The summed E-state index contributed by atoms with van der Waals surface area (Å²) in [7, 11) is 0. The average molecular weight is 301 g/mol. The van der Waals surface area contributed by atoms with Gasteiger partial charge in [0, 0.05) is 0 Å². The molecular weight excluding hydrogens is 292 g/mol. The normalized spacial score (nSPS) is 14.1. The van der Waals surface area contributed by atoms with Gasteiger partial charge in [-0.25, -0.2) is 0 Å². The topological polar surface area (TPSA) is 49.3 Å². The average Bonchev–Trinajstić information content (AvgIpc) is 2.26. The Balaban J connectivity index is 3.01. The number of carboxylic acids is 1. The summed E-state index contributed by atoms with van der Waals surface area (Å²) in [4.78, 5) is 10.9. The fraction of sp³-hybridized carbons (Fsp3) is 0.364. The molecular formula is C11H9F6NO2. The summed E-state index contributed by atoms with van der Waals surface area (Å²) in [5, 5.41) is 10.5. The maximum Gasteiger partial charge on any atom is 0.416 e. The summed E-state index contributed by atoms with van der Waals surface area (Å²) < 4.78 is 73.5. The van der Waals surface area contributed by atoms with E-state index in [2.05, 4.69) is 0 Å². The van der Waals surface area contributed by atoms with Gasteiger partial charge in [0.25, 0.3) is 0 Å². The summed E-state index contributed by atoms with van der Waals surface area (Å²) in [5.41, 5.74) is -1.54. The Morgan fingerprint density at radius 2 is 1.80 bits per heavy atom. The third kappa shape index (κ3) is 4.72. The van der Waals surface area contributed by atoms with Crippen LogP contribution in [0.15, 0.2) is 24.3 Å². The maximum absolute atomic E-state index is 12.5. The van der Waals surface area contributed by atoms with E-state index in [1.165, 1.54) is 0 Å². The Bertz CT molecular complexity index is 483. The Morgan fingerprint density at radius 3 is 2.25 bits per heavy atom. The van der Waals surface area contributed by atoms with Crippen LogP contribution in [0.25, 0.3) is 0 Å². The van der Waals surface area contributed by atoms with Gasteiger partial charge in [-0.15, -0.1) is 0 Å². The zero-order valence-corrected chi connectivity index (χ0v) is 9.72. The molecule has 0 aliphatic rings. The van der Waals surface area contributed by atoms with Crippen LogP contribution in [-0.2, 0) is 11.0 Å². The maximum atomic E-state index is 12.5. The number of alkyl halides is 6. The number of hydrogen-bond acceptors (Lipinski definition) is 2. The molecule has 20 heavy (non-hydrogen) atoms. The zero-order valence-electron chi connectivity index (χ0n) is 9.72. The summed E-state index contributed by atoms with van der Waals surface area (Å²) in [5.74, 6) is -1.70. The predicted octanol–water partition coefficient (Wildman–Crippen LogP) is 2.98. The van der Waals surface area contributed by atoms with Gasteiger partial charge in [-0.1, -0.05) is 12.1 Å². The Labute approximate surface area is 109 Å². The minimum atomic E-state index is -4.71. The first-order chi connectivity index (χ1) is 9.00. The number of benzene rings is 1. The van der Waals surface area contributed by atoms with E-state index in [0.717, 1.165) is 12.1 Å². The van der Waals surface area contributed by atoms with Crippen molar-refractivity contribution in [3.8, 4) is 0 Å². The lowest BCUT2D eigenvalue weighted by Crippen LogP contribution is -2.36. The van der Waals surface area contributed by atoms with Crippen LogP contribution < -0.4 is 5.32 Å². The van der Waals surface area contributed by atoms with Gasteiger partial charge in [0.2, 0.25) is 0 Å². The van der Waals surface area contributed by atoms with Crippen LogP contribution >= 0.6 is 0 Å². The van der Waals surface area contributed by atoms with E-state index in [1.54, 1.807) is 5.32 Å². The zero-order chi connectivity index (χ0) is 15.6. The molecule has 0 saturated carbocycles. The standard InChI is InChI=1S/C11H9F6NO2/c12-10(13,14)5-18-8(9(19)20)6-2-1-3-7(4-6)11(15,16)17/h1-4,8,18H,5H2,(H,19,20). The van der Waals surface area contributed by atoms with E-state index in [-0.39, 0.29) is 0 Å². The molecule has 1 aromatic rings. The molecule has 0 fully saturated rings. The first-order valence-corrected chi connectivity index (χ1v) is 5.21. The molecule has 0 aliphatic heterocycles. The quantitative estimate of drug-likeness (QED) is 0.841. The van der Waals surface area contributed by atoms with Crippen LogP contribution in [-0.4, -0.2) is 23.8 Å². The van der Waals surface area contributed by atoms with Gasteiger partial charge in [0.15, 0.2) is 0 Å². The SMILES string of the molecule is O=C(O)C(NCC(F)(F)F)c1cccc(C(F)(F)F)c1. The highest BCUT2D eigenvalue weighted by molar-refractivity contribution is 5.75. The van der Waals surface area contributed by atoms with Crippen molar-refractivity contribution in [3.63, 3.8) is 0 Å². The number of halogens is 6. The Hall–Kier alpha value is -1.77. The van der Waals surface area contributed by atoms with Gasteiger partial charge in [0.1, 0.15) is 6.04 Å². The molecule has 1 rings (SSSR count). The lowest BCUT2D eigenvalue weighted by Gasteiger charge is -2.17. The molecule has 0 heterocycles. The fourth-order valence-corrected chi connectivity index (χ4v) is 1.46. The molecule has 0 aliphatic carbocycles. The summed E-state index contributed by atoms with van der Waals surface area (Å²) in [6, 6.07) is 1.27. The number of nitrogens with one attached hydrogen (secondary N) is 1. The van der Waals surface area contributed by atoms with Crippen LogP contribution in [0.4, 0.5) is 26.3 Å². The number of rotatable bonds is 4. The van der Waals surface area contributed by atoms with Crippen LogP contribution in [0.5, 0.6) is 0 Å². The first kappa shape index (κ1) is 16.3. The molecule has 112 valence electrons. The van der Waals surface area contributed by atoms with Gasteiger partial charge >= 0.3 is 18.3 Å². The van der Waals surface area contributed by atoms with Gasteiger partial charge in [-0.05, 0) is 17.7 Å². The molecule has 1 aromatic carbocycles. The molecule has 0 amide bonds. The molecule has 0 bridgehead atoms. The highest BCUT2D eigenvalue weighted by Crippen LogP contribution is 2.31. The van der Waals surface area contributed by atoms with Gasteiger partial charge in [0.05, 0.1) is 12.1 Å². The molecule has 2 N–H and O–H groups in total. The predicted molar refractivity (Wildman–Crippen MR) is 55.9 cm³/mol. The smallest absolute Gasteiger partial charge is 0.416 e. The van der Waals surface area contributed by atoms with Crippen molar-refractivity contribution in [2.45, 2.75) is 18.4 Å².